The fraction of sp³-hybridized carbons (Fsp3) is 0.200. The second-order valence-electron chi connectivity index (χ2n) is 9.39. The Bertz CT molecular complexity index is 1900. The van der Waals surface area contributed by atoms with Crippen molar-refractivity contribution in [2.24, 2.45) is 0 Å². The van der Waals surface area contributed by atoms with Crippen LogP contribution in [0.15, 0.2) is 73.3 Å². The van der Waals surface area contributed by atoms with Crippen LogP contribution in [0.4, 0.5) is 21.9 Å². The number of pyridine rings is 1. The van der Waals surface area contributed by atoms with Crippen LogP contribution in [0.25, 0.3) is 10.2 Å². The quantitative estimate of drug-likeness (QED) is 0.283. The molecule has 2 aromatic heterocycles. The van der Waals surface area contributed by atoms with E-state index in [4.69, 9.17) is 11.6 Å². The molecular weight excluding hydrogens is 526 g/mol. The Hall–Kier alpha value is -4.70. The molecule has 0 spiro atoms. The molecule has 1 atom stereocenters. The summed E-state index contributed by atoms with van der Waals surface area (Å²) in [6.45, 7) is 6.27. The molecule has 9 nitrogen and oxygen atoms in total. The predicted octanol–water partition coefficient (Wildman–Crippen LogP) is 5.99. The molecule has 1 saturated heterocycles. The van der Waals surface area contributed by atoms with E-state index in [9.17, 15) is 14.4 Å². The van der Waals surface area contributed by atoms with Gasteiger partial charge in [0.25, 0.3) is 5.91 Å². The van der Waals surface area contributed by atoms with Crippen molar-refractivity contribution in [1.82, 2.24) is 15.2 Å². The number of carbonyl (C=O) groups is 3. The highest BCUT2D eigenvalue weighted by Crippen LogP contribution is 2.46. The number of hydrogen-bond donors (Lipinski definition) is 2. The molecule has 2 aliphatic heterocycles. The molecule has 10 heteroatoms. The molecule has 0 radical (unpaired) electrons. The number of nitrogens with one attached hydrogen (secondary N) is 2. The Morgan fingerprint density at radius 1 is 1.23 bits per heavy atom. The standard InChI is InChI=1S/C30H27N5O4S/c1-3-24(36)34-15-7-8-19(17-34)32-28(37)27-26-25-23(13-14-31-29(25)40-27)35(30(38)33-26)22-12-11-21(16-18(22)2)39-20-9-5-4-6-10-20/h3-6,9-14,16,19H,1,7-8,15,17H2,2H3,(H,32,37)(H,33,38)/i4D,5D,6D,9D,10D. The lowest BCUT2D eigenvalue weighted by molar-refractivity contribution is -0.127. The van der Waals surface area contributed by atoms with E-state index in [1.54, 1.807) is 42.3 Å². The maximum atomic E-state index is 13.6. The maximum absolute atomic E-state index is 13.6. The van der Waals surface area contributed by atoms with Crippen molar-refractivity contribution in [3.63, 3.8) is 0 Å². The predicted molar refractivity (Wildman–Crippen MR) is 156 cm³/mol. The molecule has 202 valence electrons. The molecule has 4 heterocycles. The molecule has 1 fully saturated rings. The molecule has 0 aliphatic carbocycles. The van der Waals surface area contributed by atoms with Crippen LogP contribution in [0.5, 0.6) is 11.5 Å². The van der Waals surface area contributed by atoms with Crippen LogP contribution in [0.1, 0.15) is 34.9 Å². The van der Waals surface area contributed by atoms with Gasteiger partial charge >= 0.3 is 6.03 Å². The number of para-hydroxylation sites is 1. The first-order valence-corrected chi connectivity index (χ1v) is 13.4. The van der Waals surface area contributed by atoms with Crippen molar-refractivity contribution in [2.75, 3.05) is 23.3 Å². The Morgan fingerprint density at radius 2 is 2.05 bits per heavy atom. The van der Waals surface area contributed by atoms with Gasteiger partial charge in [0.2, 0.25) is 5.91 Å². The lowest BCUT2D eigenvalue weighted by Crippen LogP contribution is -2.49. The first-order chi connectivity index (χ1) is 21.5. The van der Waals surface area contributed by atoms with Crippen LogP contribution < -0.4 is 20.3 Å². The van der Waals surface area contributed by atoms with E-state index < -0.39 is 36.2 Å². The zero-order chi connectivity index (χ0) is 32.2. The van der Waals surface area contributed by atoms with E-state index in [-0.39, 0.29) is 29.4 Å². The minimum atomic E-state index is -0.516. The van der Waals surface area contributed by atoms with Crippen molar-refractivity contribution in [3.8, 4) is 11.5 Å². The van der Waals surface area contributed by atoms with Gasteiger partial charge < -0.3 is 20.3 Å². The van der Waals surface area contributed by atoms with Crippen molar-refractivity contribution in [2.45, 2.75) is 25.8 Å². The van der Waals surface area contributed by atoms with E-state index >= 15 is 0 Å². The van der Waals surface area contributed by atoms with E-state index in [2.05, 4.69) is 22.2 Å². The lowest BCUT2D eigenvalue weighted by atomic mass is 10.1. The molecule has 2 N–H and O–H groups in total. The first-order valence-electron chi connectivity index (χ1n) is 15.1. The number of ether oxygens (including phenoxy) is 1. The second kappa shape index (κ2) is 10.5. The largest absolute Gasteiger partial charge is 0.457 e. The van der Waals surface area contributed by atoms with Gasteiger partial charge in [-0.15, -0.1) is 11.3 Å². The van der Waals surface area contributed by atoms with Gasteiger partial charge in [-0.25, -0.2) is 9.78 Å². The summed E-state index contributed by atoms with van der Waals surface area (Å²) in [5.41, 5.74) is 2.00. The molecule has 0 bridgehead atoms. The monoisotopic (exact) mass is 558 g/mol. The van der Waals surface area contributed by atoms with Gasteiger partial charge in [-0.05, 0) is 67.8 Å². The number of thiophene rings is 1. The van der Waals surface area contributed by atoms with Crippen LogP contribution in [-0.4, -0.2) is 46.9 Å². The molecule has 1 unspecified atom stereocenters. The Morgan fingerprint density at radius 3 is 2.83 bits per heavy atom. The summed E-state index contributed by atoms with van der Waals surface area (Å²) in [6.07, 6.45) is 4.28. The topological polar surface area (TPSA) is 104 Å². The molecule has 4 aromatic rings. The number of urea groups is 1. The molecule has 2 aliphatic rings. The van der Waals surface area contributed by atoms with Gasteiger partial charge in [0, 0.05) is 25.3 Å². The van der Waals surface area contributed by atoms with E-state index in [0.717, 1.165) is 17.8 Å². The van der Waals surface area contributed by atoms with E-state index in [0.29, 0.717) is 57.2 Å². The van der Waals surface area contributed by atoms with Crippen molar-refractivity contribution >= 4 is 56.5 Å². The van der Waals surface area contributed by atoms with Gasteiger partial charge in [0.15, 0.2) is 0 Å². The third-order valence-corrected chi connectivity index (χ3v) is 7.90. The summed E-state index contributed by atoms with van der Waals surface area (Å²) >= 11 is 1.16. The highest BCUT2D eigenvalue weighted by atomic mass is 32.1. The summed E-state index contributed by atoms with van der Waals surface area (Å²) in [5.74, 6) is -0.632. The Balaban J connectivity index is 1.30. The third-order valence-electron chi connectivity index (χ3n) is 6.80. The van der Waals surface area contributed by atoms with Crippen molar-refractivity contribution < 1.29 is 26.0 Å². The van der Waals surface area contributed by atoms with Crippen LogP contribution >= 0.6 is 11.3 Å². The number of carbonyl (C=O) groups excluding carboxylic acids is 3. The average Bonchev–Trinajstić information content (AvgIpc) is 3.41. The van der Waals surface area contributed by atoms with E-state index in [1.165, 1.54) is 11.0 Å². The van der Waals surface area contributed by atoms with Crippen LogP contribution in [0.3, 0.4) is 0 Å². The fourth-order valence-corrected chi connectivity index (χ4v) is 6.03. The molecular formula is C30H27N5O4S. The van der Waals surface area contributed by atoms with Gasteiger partial charge in [-0.3, -0.25) is 14.5 Å². The molecule has 6 rings (SSSR count). The van der Waals surface area contributed by atoms with Crippen LogP contribution in [-0.2, 0) is 4.79 Å². The average molecular weight is 559 g/mol. The smallest absolute Gasteiger partial charge is 0.331 e. The highest BCUT2D eigenvalue weighted by Gasteiger charge is 2.34. The third kappa shape index (κ3) is 4.66. The number of likely N-dealkylation sites (tertiary alicyclic amines) is 1. The highest BCUT2D eigenvalue weighted by molar-refractivity contribution is 7.21. The molecule has 2 aromatic carbocycles. The molecule has 0 saturated carbocycles. The fourth-order valence-electron chi connectivity index (χ4n) is 5.01. The van der Waals surface area contributed by atoms with Gasteiger partial charge in [0.05, 0.1) is 29.3 Å². The van der Waals surface area contributed by atoms with Crippen molar-refractivity contribution in [1.29, 1.82) is 0 Å². The van der Waals surface area contributed by atoms with Crippen molar-refractivity contribution in [3.05, 3.63) is 83.8 Å². The maximum Gasteiger partial charge on any atom is 0.331 e. The molecule has 4 amide bonds. The molecule has 40 heavy (non-hydrogen) atoms. The van der Waals surface area contributed by atoms with Crippen LogP contribution in [0.2, 0.25) is 0 Å². The minimum Gasteiger partial charge on any atom is -0.457 e. The number of hydrogen-bond acceptors (Lipinski definition) is 6. The summed E-state index contributed by atoms with van der Waals surface area (Å²) in [4.78, 5) is 47.6. The van der Waals surface area contributed by atoms with Gasteiger partial charge in [0.1, 0.15) is 21.2 Å². The summed E-state index contributed by atoms with van der Waals surface area (Å²) in [6, 6.07) is 3.27. The Labute approximate surface area is 242 Å². The second-order valence-corrected chi connectivity index (χ2v) is 10.4. The zero-order valence-corrected chi connectivity index (χ0v) is 22.3. The number of piperidine rings is 1. The Kier molecular flexibility index (Phi) is 5.29. The van der Waals surface area contributed by atoms with Gasteiger partial charge in [-0.2, -0.15) is 0 Å². The number of anilines is 3. The number of benzene rings is 2. The number of rotatable bonds is 6. The number of aryl methyl sites for hydroxylation is 1. The zero-order valence-electron chi connectivity index (χ0n) is 26.5. The summed E-state index contributed by atoms with van der Waals surface area (Å²) in [5, 5.41) is 6.49. The number of amides is 4. The number of nitrogens with zero attached hydrogens (tertiary/aromatic N) is 3. The normalized spacial score (nSPS) is 18.2. The minimum absolute atomic E-state index is 0.184. The lowest BCUT2D eigenvalue weighted by Gasteiger charge is -2.32. The SMILES string of the molecule is [2H]c1c([2H])c([2H])c(Oc2ccc(N3C(=O)Nc4c(C(=O)NC5CCCN(C(=O)C=C)C5)sc5nccc3c45)c(C)c2)c([2H])c1[2H]. The number of aromatic nitrogens is 1. The first kappa shape index (κ1) is 20.2. The van der Waals surface area contributed by atoms with E-state index in [1.807, 2.05) is 0 Å². The summed E-state index contributed by atoms with van der Waals surface area (Å²) < 4.78 is 45.6. The van der Waals surface area contributed by atoms with Crippen LogP contribution in [0, 0.1) is 6.92 Å². The summed E-state index contributed by atoms with van der Waals surface area (Å²) in [7, 11) is 0. The van der Waals surface area contributed by atoms with Gasteiger partial charge in [-0.1, -0.05) is 24.7 Å².